The van der Waals surface area contributed by atoms with Crippen LogP contribution in [0, 0.1) is 13.5 Å². The van der Waals surface area contributed by atoms with Gasteiger partial charge in [0.1, 0.15) is 6.10 Å². The van der Waals surface area contributed by atoms with E-state index in [2.05, 4.69) is 39.0 Å². The maximum absolute atomic E-state index is 7.62. The summed E-state index contributed by atoms with van der Waals surface area (Å²) < 4.78 is 6.09. The molecule has 0 unspecified atom stereocenters. The second kappa shape index (κ2) is 7.51. The zero-order valence-electron chi connectivity index (χ0n) is 15.3. The number of hydrogen-bond donors (Lipinski definition) is 0. The number of aromatic nitrogens is 1. The number of ether oxygens (including phenoxy) is 1. The Kier molecular flexibility index (Phi) is 4.76. The third kappa shape index (κ3) is 3.63. The minimum Gasteiger partial charge on any atom is -0.472 e. The Hall–Kier alpha value is -3.32. The minimum absolute atomic E-state index is 0.0889. The standard InChI is InChI=1S/C23H21N3O/c1-17-7-6-13-25-23(17)27-20-12-14-26(16-20)22-11-10-19(15-21(22)24-2)18-8-4-3-5-9-18/h3-11,13,15,20H,12,14,16H2,1H3/t20-/m0/s1. The van der Waals surface area contributed by atoms with Gasteiger partial charge in [0.05, 0.1) is 13.1 Å². The SMILES string of the molecule is [C-]#[N+]c1cc(-c2ccccc2)ccc1N1CC[C@H](Oc2ncccc2C)C1. The zero-order chi connectivity index (χ0) is 18.6. The van der Waals surface area contributed by atoms with Crippen LogP contribution >= 0.6 is 0 Å². The summed E-state index contributed by atoms with van der Waals surface area (Å²) in [6.07, 6.45) is 2.77. The molecule has 0 bridgehead atoms. The maximum Gasteiger partial charge on any atom is 0.216 e. The zero-order valence-corrected chi connectivity index (χ0v) is 15.3. The van der Waals surface area contributed by atoms with Gasteiger partial charge >= 0.3 is 0 Å². The highest BCUT2D eigenvalue weighted by molar-refractivity contribution is 5.79. The summed E-state index contributed by atoms with van der Waals surface area (Å²) in [4.78, 5) is 10.3. The first-order valence-electron chi connectivity index (χ1n) is 9.15. The lowest BCUT2D eigenvalue weighted by Gasteiger charge is -2.21. The highest BCUT2D eigenvalue weighted by atomic mass is 16.5. The van der Waals surface area contributed by atoms with Crippen molar-refractivity contribution < 1.29 is 4.74 Å². The van der Waals surface area contributed by atoms with Gasteiger partial charge in [0.25, 0.3) is 0 Å². The number of pyridine rings is 1. The average molecular weight is 355 g/mol. The van der Waals surface area contributed by atoms with E-state index in [1.165, 1.54) is 0 Å². The van der Waals surface area contributed by atoms with E-state index in [0.717, 1.165) is 41.9 Å². The van der Waals surface area contributed by atoms with Gasteiger partial charge in [-0.1, -0.05) is 42.5 Å². The molecule has 134 valence electrons. The van der Waals surface area contributed by atoms with E-state index in [1.807, 2.05) is 43.3 Å². The van der Waals surface area contributed by atoms with Gasteiger partial charge in [0.2, 0.25) is 11.6 Å². The summed E-state index contributed by atoms with van der Waals surface area (Å²) in [5, 5.41) is 0. The largest absolute Gasteiger partial charge is 0.472 e. The minimum atomic E-state index is 0.0889. The molecule has 2 aromatic carbocycles. The molecule has 1 aromatic heterocycles. The highest BCUT2D eigenvalue weighted by Gasteiger charge is 2.26. The van der Waals surface area contributed by atoms with E-state index >= 15 is 0 Å². The normalized spacial score (nSPS) is 16.1. The van der Waals surface area contributed by atoms with E-state index in [4.69, 9.17) is 11.3 Å². The maximum atomic E-state index is 7.62. The summed E-state index contributed by atoms with van der Waals surface area (Å²) >= 11 is 0. The molecule has 1 aliphatic heterocycles. The first kappa shape index (κ1) is 17.1. The van der Waals surface area contributed by atoms with Gasteiger partial charge < -0.3 is 9.64 Å². The Morgan fingerprint density at radius 2 is 1.93 bits per heavy atom. The second-order valence-electron chi connectivity index (χ2n) is 6.78. The predicted octanol–water partition coefficient (Wildman–Crippen LogP) is 5.27. The fourth-order valence-corrected chi connectivity index (χ4v) is 3.49. The van der Waals surface area contributed by atoms with E-state index in [9.17, 15) is 0 Å². The molecule has 0 spiro atoms. The van der Waals surface area contributed by atoms with Crippen LogP contribution in [-0.4, -0.2) is 24.2 Å². The topological polar surface area (TPSA) is 29.7 Å². The Balaban J connectivity index is 1.52. The van der Waals surface area contributed by atoms with Crippen LogP contribution in [0.5, 0.6) is 5.88 Å². The van der Waals surface area contributed by atoms with Crippen LogP contribution in [-0.2, 0) is 0 Å². The quantitative estimate of drug-likeness (QED) is 0.598. The van der Waals surface area contributed by atoms with Gasteiger partial charge in [-0.25, -0.2) is 9.83 Å². The van der Waals surface area contributed by atoms with Gasteiger partial charge in [-0.3, -0.25) is 0 Å². The van der Waals surface area contributed by atoms with Crippen LogP contribution in [0.4, 0.5) is 11.4 Å². The molecule has 4 nitrogen and oxygen atoms in total. The smallest absolute Gasteiger partial charge is 0.216 e. The van der Waals surface area contributed by atoms with Crippen molar-refractivity contribution in [2.45, 2.75) is 19.4 Å². The molecule has 27 heavy (non-hydrogen) atoms. The third-order valence-corrected chi connectivity index (χ3v) is 4.93. The van der Waals surface area contributed by atoms with Crippen LogP contribution < -0.4 is 9.64 Å². The van der Waals surface area contributed by atoms with E-state index in [-0.39, 0.29) is 6.10 Å². The molecule has 1 fully saturated rings. The third-order valence-electron chi connectivity index (χ3n) is 4.93. The molecular formula is C23H21N3O. The first-order valence-corrected chi connectivity index (χ1v) is 9.15. The van der Waals surface area contributed by atoms with Gasteiger partial charge in [-0.2, -0.15) is 0 Å². The van der Waals surface area contributed by atoms with Crippen molar-refractivity contribution in [3.05, 3.63) is 83.8 Å². The number of nitrogens with zero attached hydrogens (tertiary/aromatic N) is 3. The summed E-state index contributed by atoms with van der Waals surface area (Å²) in [5.41, 5.74) is 4.91. The summed E-state index contributed by atoms with van der Waals surface area (Å²) in [6, 6.07) is 20.2. The Bertz CT molecular complexity index is 978. The van der Waals surface area contributed by atoms with Crippen molar-refractivity contribution in [1.29, 1.82) is 0 Å². The second-order valence-corrected chi connectivity index (χ2v) is 6.78. The van der Waals surface area contributed by atoms with Gasteiger partial charge in [-0.15, -0.1) is 0 Å². The van der Waals surface area contributed by atoms with Crippen LogP contribution in [0.1, 0.15) is 12.0 Å². The molecule has 1 atom stereocenters. The van der Waals surface area contributed by atoms with Crippen LogP contribution in [0.15, 0.2) is 66.9 Å². The molecule has 1 aliphatic rings. The van der Waals surface area contributed by atoms with Crippen LogP contribution in [0.3, 0.4) is 0 Å². The van der Waals surface area contributed by atoms with Crippen LogP contribution in [0.2, 0.25) is 0 Å². The lowest BCUT2D eigenvalue weighted by atomic mass is 10.0. The van der Waals surface area contributed by atoms with Gasteiger partial charge in [0.15, 0.2) is 0 Å². The van der Waals surface area contributed by atoms with Gasteiger partial charge in [0, 0.05) is 30.4 Å². The molecule has 3 aromatic rings. The average Bonchev–Trinajstić information content (AvgIpc) is 3.18. The monoisotopic (exact) mass is 355 g/mol. The lowest BCUT2D eigenvalue weighted by Crippen LogP contribution is -2.25. The molecule has 4 heteroatoms. The van der Waals surface area contributed by atoms with Crippen LogP contribution in [0.25, 0.3) is 16.0 Å². The number of rotatable bonds is 4. The molecule has 0 aliphatic carbocycles. The number of anilines is 1. The van der Waals surface area contributed by atoms with Crippen molar-refractivity contribution in [3.8, 4) is 17.0 Å². The van der Waals surface area contributed by atoms with Crippen molar-refractivity contribution in [2.75, 3.05) is 18.0 Å². The van der Waals surface area contributed by atoms with E-state index < -0.39 is 0 Å². The fourth-order valence-electron chi connectivity index (χ4n) is 3.49. The van der Waals surface area contributed by atoms with Crippen molar-refractivity contribution in [1.82, 2.24) is 4.98 Å². The number of benzene rings is 2. The van der Waals surface area contributed by atoms with Crippen molar-refractivity contribution in [2.24, 2.45) is 0 Å². The highest BCUT2D eigenvalue weighted by Crippen LogP contribution is 2.36. The Morgan fingerprint density at radius 1 is 1.07 bits per heavy atom. The molecule has 0 radical (unpaired) electrons. The molecule has 4 rings (SSSR count). The Morgan fingerprint density at radius 3 is 2.70 bits per heavy atom. The molecule has 0 amide bonds. The molecular weight excluding hydrogens is 334 g/mol. The van der Waals surface area contributed by atoms with E-state index in [0.29, 0.717) is 11.6 Å². The fraction of sp³-hybridized carbons (Fsp3) is 0.217. The van der Waals surface area contributed by atoms with E-state index in [1.54, 1.807) is 6.20 Å². The lowest BCUT2D eigenvalue weighted by molar-refractivity contribution is 0.214. The molecule has 1 saturated heterocycles. The first-order chi connectivity index (χ1) is 13.2. The predicted molar refractivity (Wildman–Crippen MR) is 108 cm³/mol. The molecule has 0 N–H and O–H groups in total. The summed E-state index contributed by atoms with van der Waals surface area (Å²) in [7, 11) is 0. The summed E-state index contributed by atoms with van der Waals surface area (Å²) in [6.45, 7) is 11.3. The number of hydrogen-bond acceptors (Lipinski definition) is 3. The molecule has 0 saturated carbocycles. The van der Waals surface area contributed by atoms with Gasteiger partial charge in [-0.05, 0) is 36.2 Å². The van der Waals surface area contributed by atoms with Crippen molar-refractivity contribution in [3.63, 3.8) is 0 Å². The number of aryl methyl sites for hydroxylation is 1. The Labute approximate surface area is 159 Å². The molecule has 2 heterocycles. The van der Waals surface area contributed by atoms with Crippen molar-refractivity contribution >= 4 is 11.4 Å². The summed E-state index contributed by atoms with van der Waals surface area (Å²) in [5.74, 6) is 0.703.